The summed E-state index contributed by atoms with van der Waals surface area (Å²) < 4.78 is 71.0. The molecule has 1 amide bonds. The first kappa shape index (κ1) is 21.9. The number of nitrogens with zero attached hydrogens (tertiary/aromatic N) is 1. The summed E-state index contributed by atoms with van der Waals surface area (Å²) in [7, 11) is -3.13. The fraction of sp³-hybridized carbons (Fsp3) is 0.250. The second-order valence-corrected chi connectivity index (χ2v) is 7.68. The summed E-state index contributed by atoms with van der Waals surface area (Å²) in [6, 6.07) is 3.50. The lowest BCUT2D eigenvalue weighted by Crippen LogP contribution is -2.28. The number of halogens is 4. The molecule has 0 fully saturated rings. The topological polar surface area (TPSA) is 97.4 Å². The average molecular weight is 438 g/mol. The Morgan fingerprint density at radius 1 is 1.29 bits per heavy atom. The first-order valence-corrected chi connectivity index (χ1v) is 9.45. The van der Waals surface area contributed by atoms with E-state index >= 15 is 0 Å². The van der Waals surface area contributed by atoms with Gasteiger partial charge in [0.05, 0.1) is 21.2 Å². The smallest absolute Gasteiger partial charge is 0.364 e. The van der Waals surface area contributed by atoms with Crippen molar-refractivity contribution < 1.29 is 31.1 Å². The molecule has 7 nitrogen and oxygen atoms in total. The minimum Gasteiger partial charge on any atom is -0.364 e. The Labute approximate surface area is 163 Å². The van der Waals surface area contributed by atoms with Gasteiger partial charge in [-0.1, -0.05) is 11.6 Å². The van der Waals surface area contributed by atoms with E-state index in [1.807, 2.05) is 0 Å². The molecule has 2 N–H and O–H groups in total. The van der Waals surface area contributed by atoms with Crippen molar-refractivity contribution in [1.82, 2.24) is 10.3 Å². The lowest BCUT2D eigenvalue weighted by atomic mass is 10.2. The molecule has 1 aromatic carbocycles. The number of benzene rings is 1. The number of carbonyl (C=O) groups excluding carboxylic acids is 1. The van der Waals surface area contributed by atoms with Gasteiger partial charge in [0.2, 0.25) is 0 Å². The maximum atomic E-state index is 13.0. The number of carbonyl (C=O) groups is 1. The van der Waals surface area contributed by atoms with Crippen LogP contribution in [0.15, 0.2) is 35.4 Å². The van der Waals surface area contributed by atoms with Crippen LogP contribution in [-0.4, -0.2) is 33.1 Å². The van der Waals surface area contributed by atoms with Crippen molar-refractivity contribution in [2.24, 2.45) is 0 Å². The zero-order chi connectivity index (χ0) is 21.1. The first-order chi connectivity index (χ1) is 13.0. The summed E-state index contributed by atoms with van der Waals surface area (Å²) in [5.41, 5.74) is -1.24. The molecule has 0 atom stereocenters. The highest BCUT2D eigenvalue weighted by Crippen LogP contribution is 2.36. The largest absolute Gasteiger partial charge is 0.417 e. The van der Waals surface area contributed by atoms with E-state index in [9.17, 15) is 26.4 Å². The standard InChI is InChI=1S/C16H15ClF3N3O4S/c1-9-5-13(14(21-7-9)15(24)22-8-27-2)23-28(25,26)10-3-4-12(17)11(6-10)16(18,19)20/h3-7,23H,8H2,1-2H3,(H,22,24). The number of nitrogens with one attached hydrogen (secondary N) is 2. The molecule has 12 heteroatoms. The molecule has 0 aliphatic rings. The van der Waals surface area contributed by atoms with Gasteiger partial charge in [-0.05, 0) is 36.8 Å². The van der Waals surface area contributed by atoms with Crippen LogP contribution in [0, 0.1) is 6.92 Å². The molecule has 2 aromatic rings. The molecule has 0 bridgehead atoms. The Bertz CT molecular complexity index is 997. The van der Waals surface area contributed by atoms with Crippen LogP contribution in [0.1, 0.15) is 21.6 Å². The highest BCUT2D eigenvalue weighted by Gasteiger charge is 2.34. The van der Waals surface area contributed by atoms with E-state index in [0.29, 0.717) is 11.6 Å². The molecule has 1 heterocycles. The van der Waals surface area contributed by atoms with Gasteiger partial charge in [-0.25, -0.2) is 13.4 Å². The number of anilines is 1. The van der Waals surface area contributed by atoms with Gasteiger partial charge in [0, 0.05) is 13.3 Å². The van der Waals surface area contributed by atoms with Gasteiger partial charge in [-0.2, -0.15) is 13.2 Å². The third-order valence-electron chi connectivity index (χ3n) is 3.41. The Hall–Kier alpha value is -2.37. The Morgan fingerprint density at radius 3 is 2.57 bits per heavy atom. The Morgan fingerprint density at radius 2 is 1.96 bits per heavy atom. The number of hydrogen-bond acceptors (Lipinski definition) is 5. The van der Waals surface area contributed by atoms with Crippen LogP contribution in [-0.2, 0) is 20.9 Å². The average Bonchev–Trinajstić information content (AvgIpc) is 2.58. The van der Waals surface area contributed by atoms with Gasteiger partial charge >= 0.3 is 6.18 Å². The van der Waals surface area contributed by atoms with E-state index in [1.165, 1.54) is 19.4 Å². The number of pyridine rings is 1. The fourth-order valence-electron chi connectivity index (χ4n) is 2.14. The van der Waals surface area contributed by atoms with E-state index in [-0.39, 0.29) is 18.1 Å². The maximum Gasteiger partial charge on any atom is 0.417 e. The summed E-state index contributed by atoms with van der Waals surface area (Å²) >= 11 is 5.52. The van der Waals surface area contributed by atoms with Crippen LogP contribution in [0.3, 0.4) is 0 Å². The van der Waals surface area contributed by atoms with Crippen molar-refractivity contribution in [3.05, 3.63) is 52.3 Å². The molecule has 0 radical (unpaired) electrons. The van der Waals surface area contributed by atoms with E-state index in [1.54, 1.807) is 6.92 Å². The maximum absolute atomic E-state index is 13.0. The molecule has 2 rings (SSSR count). The van der Waals surface area contributed by atoms with Gasteiger partial charge in [0.15, 0.2) is 5.69 Å². The normalized spacial score (nSPS) is 11.9. The van der Waals surface area contributed by atoms with Crippen molar-refractivity contribution in [3.63, 3.8) is 0 Å². The Kier molecular flexibility index (Phi) is 6.52. The van der Waals surface area contributed by atoms with Gasteiger partial charge in [-0.3, -0.25) is 9.52 Å². The number of alkyl halides is 3. The third kappa shape index (κ3) is 5.12. The lowest BCUT2D eigenvalue weighted by molar-refractivity contribution is -0.137. The van der Waals surface area contributed by atoms with Crippen molar-refractivity contribution in [3.8, 4) is 0 Å². The molecule has 1 aromatic heterocycles. The lowest BCUT2D eigenvalue weighted by Gasteiger charge is -2.14. The number of ether oxygens (including phenoxy) is 1. The molecule has 0 saturated heterocycles. The highest BCUT2D eigenvalue weighted by molar-refractivity contribution is 7.92. The van der Waals surface area contributed by atoms with Crippen LogP contribution < -0.4 is 10.0 Å². The van der Waals surface area contributed by atoms with Crippen LogP contribution >= 0.6 is 11.6 Å². The van der Waals surface area contributed by atoms with Gasteiger partial charge in [0.25, 0.3) is 15.9 Å². The third-order valence-corrected chi connectivity index (χ3v) is 5.11. The van der Waals surface area contributed by atoms with Crippen LogP contribution in [0.4, 0.5) is 18.9 Å². The van der Waals surface area contributed by atoms with Crippen LogP contribution in [0.2, 0.25) is 5.02 Å². The molecule has 152 valence electrons. The molecule has 0 saturated carbocycles. The number of sulfonamides is 1. The van der Waals surface area contributed by atoms with Crippen molar-refractivity contribution in [1.29, 1.82) is 0 Å². The van der Waals surface area contributed by atoms with Crippen molar-refractivity contribution in [2.75, 3.05) is 18.6 Å². The first-order valence-electron chi connectivity index (χ1n) is 7.59. The minimum absolute atomic E-state index is 0.146. The van der Waals surface area contributed by atoms with Gasteiger partial charge in [-0.15, -0.1) is 0 Å². The predicted molar refractivity (Wildman–Crippen MR) is 95.6 cm³/mol. The molecule has 28 heavy (non-hydrogen) atoms. The second kappa shape index (κ2) is 8.33. The van der Waals surface area contributed by atoms with Crippen LogP contribution in [0.5, 0.6) is 0 Å². The predicted octanol–water partition coefficient (Wildman–Crippen LogP) is 3.20. The molecular weight excluding hydrogens is 423 g/mol. The molecule has 0 aliphatic carbocycles. The number of rotatable bonds is 6. The monoisotopic (exact) mass is 437 g/mol. The SMILES string of the molecule is COCNC(=O)c1ncc(C)cc1NS(=O)(=O)c1ccc(Cl)c(C(F)(F)F)c1. The van der Waals surface area contributed by atoms with Crippen molar-refractivity contribution in [2.45, 2.75) is 18.0 Å². The summed E-state index contributed by atoms with van der Waals surface area (Å²) in [4.78, 5) is 15.3. The number of aryl methyl sites for hydroxylation is 1. The quantitative estimate of drug-likeness (QED) is 0.676. The number of methoxy groups -OCH3 is 1. The van der Waals surface area contributed by atoms with Crippen molar-refractivity contribution >= 4 is 33.2 Å². The Balaban J connectivity index is 2.45. The fourth-order valence-corrected chi connectivity index (χ4v) is 3.45. The number of hydrogen-bond donors (Lipinski definition) is 2. The minimum atomic E-state index is -4.83. The van der Waals surface area contributed by atoms with E-state index in [4.69, 9.17) is 16.3 Å². The van der Waals surface area contributed by atoms with Crippen LogP contribution in [0.25, 0.3) is 0 Å². The summed E-state index contributed by atoms with van der Waals surface area (Å²) in [5, 5.41) is 1.71. The van der Waals surface area contributed by atoms with Gasteiger partial charge in [0.1, 0.15) is 6.73 Å². The van der Waals surface area contributed by atoms with E-state index < -0.39 is 37.6 Å². The van der Waals surface area contributed by atoms with E-state index in [0.717, 1.165) is 12.1 Å². The molecule has 0 unspecified atom stereocenters. The second-order valence-electron chi connectivity index (χ2n) is 5.59. The van der Waals surface area contributed by atoms with E-state index in [2.05, 4.69) is 15.0 Å². The highest BCUT2D eigenvalue weighted by atomic mass is 35.5. The summed E-state index contributed by atoms with van der Waals surface area (Å²) in [6.45, 7) is 1.46. The molecule has 0 aliphatic heterocycles. The van der Waals surface area contributed by atoms with Gasteiger partial charge < -0.3 is 10.1 Å². The zero-order valence-corrected chi connectivity index (χ0v) is 16.2. The summed E-state index contributed by atoms with van der Waals surface area (Å²) in [5.74, 6) is -0.730. The molecule has 0 spiro atoms. The number of amides is 1. The summed E-state index contributed by atoms with van der Waals surface area (Å²) in [6.07, 6.45) is -3.50. The zero-order valence-electron chi connectivity index (χ0n) is 14.6. The number of aromatic nitrogens is 1. The molecular formula is C16H15ClF3N3O4S.